The Hall–Kier alpha value is -3.01. The molecule has 162 valence electrons. The summed E-state index contributed by atoms with van der Waals surface area (Å²) in [6.07, 6.45) is 7.89. The van der Waals surface area contributed by atoms with Crippen LogP contribution in [-0.2, 0) is 13.1 Å². The molecule has 1 heterocycles. The van der Waals surface area contributed by atoms with Gasteiger partial charge in [-0.2, -0.15) is 0 Å². The average Bonchev–Trinajstić information content (AvgIpc) is 3.25. The molecule has 1 aliphatic rings. The first-order valence-electron chi connectivity index (χ1n) is 11.3. The van der Waals surface area contributed by atoms with Gasteiger partial charge >= 0.3 is 0 Å². The van der Waals surface area contributed by atoms with Gasteiger partial charge in [0.05, 0.1) is 19.2 Å². The number of benzene rings is 2. The third kappa shape index (κ3) is 4.84. The van der Waals surface area contributed by atoms with Gasteiger partial charge in [0.1, 0.15) is 5.75 Å². The lowest BCUT2D eigenvalue weighted by Crippen LogP contribution is -2.41. The van der Waals surface area contributed by atoms with E-state index in [1.807, 2.05) is 24.3 Å². The molecule has 0 N–H and O–H groups in total. The standard InChI is InChI=1S/C27H32N2O2/c1-21-11-6-7-12-22(21)19-28-18-10-15-24(28)20-29(23-13-4-3-5-14-23)27(30)25-16-8-9-17-26(25)31-2/h6-12,15-18,23H,3-5,13-14,19-20H2,1-2H3. The van der Waals surface area contributed by atoms with Crippen LogP contribution in [0.1, 0.15) is 59.3 Å². The van der Waals surface area contributed by atoms with Crippen molar-refractivity contribution in [3.05, 3.63) is 89.2 Å². The van der Waals surface area contributed by atoms with Crippen molar-refractivity contribution in [2.45, 2.75) is 58.2 Å². The zero-order chi connectivity index (χ0) is 21.6. The quantitative estimate of drug-likeness (QED) is 0.486. The van der Waals surface area contributed by atoms with Crippen molar-refractivity contribution in [2.75, 3.05) is 7.11 Å². The maximum absolute atomic E-state index is 13.7. The number of para-hydroxylation sites is 1. The molecule has 0 saturated heterocycles. The first-order valence-corrected chi connectivity index (χ1v) is 11.3. The molecule has 1 amide bonds. The minimum absolute atomic E-state index is 0.0630. The molecule has 0 spiro atoms. The number of aromatic nitrogens is 1. The minimum atomic E-state index is 0.0630. The second kappa shape index (κ2) is 9.86. The molecular formula is C27H32N2O2. The number of hydrogen-bond acceptors (Lipinski definition) is 2. The zero-order valence-electron chi connectivity index (χ0n) is 18.6. The van der Waals surface area contributed by atoms with E-state index in [0.717, 1.165) is 25.1 Å². The fraction of sp³-hybridized carbons (Fsp3) is 0.370. The van der Waals surface area contributed by atoms with Crippen molar-refractivity contribution in [3.8, 4) is 5.75 Å². The highest BCUT2D eigenvalue weighted by Gasteiger charge is 2.28. The van der Waals surface area contributed by atoms with E-state index in [4.69, 9.17) is 4.74 Å². The van der Waals surface area contributed by atoms with Crippen LogP contribution in [0, 0.1) is 6.92 Å². The molecule has 3 aromatic rings. The lowest BCUT2D eigenvalue weighted by molar-refractivity contribution is 0.0605. The van der Waals surface area contributed by atoms with E-state index in [1.165, 1.54) is 30.4 Å². The predicted octanol–water partition coefficient (Wildman–Crippen LogP) is 5.83. The Morgan fingerprint density at radius 2 is 1.74 bits per heavy atom. The van der Waals surface area contributed by atoms with E-state index in [0.29, 0.717) is 17.9 Å². The van der Waals surface area contributed by atoms with Crippen LogP contribution in [0.2, 0.25) is 0 Å². The number of methoxy groups -OCH3 is 1. The van der Waals surface area contributed by atoms with Crippen LogP contribution in [-0.4, -0.2) is 28.5 Å². The van der Waals surface area contributed by atoms with Gasteiger partial charge in [-0.15, -0.1) is 0 Å². The highest BCUT2D eigenvalue weighted by Crippen LogP contribution is 2.28. The van der Waals surface area contributed by atoms with Gasteiger partial charge in [0.25, 0.3) is 5.91 Å². The fourth-order valence-electron chi connectivity index (χ4n) is 4.63. The lowest BCUT2D eigenvalue weighted by atomic mass is 9.93. The summed E-state index contributed by atoms with van der Waals surface area (Å²) in [5.74, 6) is 0.705. The summed E-state index contributed by atoms with van der Waals surface area (Å²) in [6, 6.07) is 20.6. The monoisotopic (exact) mass is 416 g/mol. The van der Waals surface area contributed by atoms with Gasteiger partial charge < -0.3 is 14.2 Å². The Bertz CT molecular complexity index is 1020. The molecule has 1 aliphatic carbocycles. The van der Waals surface area contributed by atoms with Crippen LogP contribution < -0.4 is 4.74 Å². The Labute approximate surface area is 185 Å². The number of aryl methyl sites for hydroxylation is 1. The molecule has 0 atom stereocenters. The summed E-state index contributed by atoms with van der Waals surface area (Å²) in [4.78, 5) is 15.8. The average molecular weight is 417 g/mol. The molecule has 4 heteroatoms. The van der Waals surface area contributed by atoms with Gasteiger partial charge in [-0.3, -0.25) is 4.79 Å². The smallest absolute Gasteiger partial charge is 0.258 e. The summed E-state index contributed by atoms with van der Waals surface area (Å²) >= 11 is 0. The molecule has 1 fully saturated rings. The van der Waals surface area contributed by atoms with Gasteiger partial charge in [0, 0.05) is 24.5 Å². The van der Waals surface area contributed by atoms with Crippen LogP contribution >= 0.6 is 0 Å². The second-order valence-electron chi connectivity index (χ2n) is 8.48. The van der Waals surface area contributed by atoms with Gasteiger partial charge in [-0.1, -0.05) is 55.7 Å². The van der Waals surface area contributed by atoms with Crippen LogP contribution in [0.5, 0.6) is 5.75 Å². The largest absolute Gasteiger partial charge is 0.496 e. The highest BCUT2D eigenvalue weighted by atomic mass is 16.5. The van der Waals surface area contributed by atoms with E-state index < -0.39 is 0 Å². The van der Waals surface area contributed by atoms with Gasteiger partial charge in [0.2, 0.25) is 0 Å². The molecule has 0 radical (unpaired) electrons. The van der Waals surface area contributed by atoms with Gasteiger partial charge in [0.15, 0.2) is 0 Å². The number of carbonyl (C=O) groups excluding carboxylic acids is 1. The maximum atomic E-state index is 13.7. The van der Waals surface area contributed by atoms with Crippen molar-refractivity contribution >= 4 is 5.91 Å². The molecule has 1 aromatic heterocycles. The first-order chi connectivity index (χ1) is 15.2. The van der Waals surface area contributed by atoms with E-state index in [1.54, 1.807) is 7.11 Å². The summed E-state index contributed by atoms with van der Waals surface area (Å²) < 4.78 is 7.77. The Kier molecular flexibility index (Phi) is 6.76. The van der Waals surface area contributed by atoms with E-state index in [9.17, 15) is 4.79 Å². The predicted molar refractivity (Wildman–Crippen MR) is 124 cm³/mol. The number of carbonyl (C=O) groups is 1. The number of ether oxygens (including phenoxy) is 1. The van der Waals surface area contributed by atoms with Crippen molar-refractivity contribution in [2.24, 2.45) is 0 Å². The van der Waals surface area contributed by atoms with Crippen molar-refractivity contribution in [1.82, 2.24) is 9.47 Å². The van der Waals surface area contributed by atoms with Crippen LogP contribution in [0.4, 0.5) is 0 Å². The lowest BCUT2D eigenvalue weighted by Gasteiger charge is -2.35. The zero-order valence-corrected chi connectivity index (χ0v) is 18.6. The molecule has 0 aliphatic heterocycles. The van der Waals surface area contributed by atoms with E-state index in [-0.39, 0.29) is 11.9 Å². The highest BCUT2D eigenvalue weighted by molar-refractivity contribution is 5.97. The molecule has 4 rings (SSSR count). The Balaban J connectivity index is 1.62. The summed E-state index contributed by atoms with van der Waals surface area (Å²) in [6.45, 7) is 3.58. The molecule has 31 heavy (non-hydrogen) atoms. The van der Waals surface area contributed by atoms with Crippen molar-refractivity contribution in [1.29, 1.82) is 0 Å². The number of rotatable bonds is 7. The molecule has 0 unspecified atom stereocenters. The second-order valence-corrected chi connectivity index (χ2v) is 8.48. The number of nitrogens with zero attached hydrogens (tertiary/aromatic N) is 2. The fourth-order valence-corrected chi connectivity index (χ4v) is 4.63. The number of amides is 1. The topological polar surface area (TPSA) is 34.5 Å². The van der Waals surface area contributed by atoms with Crippen LogP contribution in [0.25, 0.3) is 0 Å². The van der Waals surface area contributed by atoms with Crippen LogP contribution in [0.3, 0.4) is 0 Å². The minimum Gasteiger partial charge on any atom is -0.496 e. The molecule has 4 nitrogen and oxygen atoms in total. The van der Waals surface area contributed by atoms with Crippen LogP contribution in [0.15, 0.2) is 66.9 Å². The third-order valence-corrected chi connectivity index (χ3v) is 6.47. The molecule has 0 bridgehead atoms. The third-order valence-electron chi connectivity index (χ3n) is 6.47. The van der Waals surface area contributed by atoms with Crippen molar-refractivity contribution < 1.29 is 9.53 Å². The summed E-state index contributed by atoms with van der Waals surface area (Å²) in [5.41, 5.74) is 4.40. The normalized spacial score (nSPS) is 14.4. The Morgan fingerprint density at radius 1 is 1.00 bits per heavy atom. The van der Waals surface area contributed by atoms with E-state index >= 15 is 0 Å². The number of hydrogen-bond donors (Lipinski definition) is 0. The molecule has 1 saturated carbocycles. The summed E-state index contributed by atoms with van der Waals surface area (Å²) in [5, 5.41) is 0. The van der Waals surface area contributed by atoms with Crippen molar-refractivity contribution in [3.63, 3.8) is 0 Å². The van der Waals surface area contributed by atoms with E-state index in [2.05, 4.69) is 59.0 Å². The Morgan fingerprint density at radius 3 is 2.52 bits per heavy atom. The molecular weight excluding hydrogens is 384 g/mol. The van der Waals surface area contributed by atoms with Gasteiger partial charge in [-0.05, 0) is 55.2 Å². The summed E-state index contributed by atoms with van der Waals surface area (Å²) in [7, 11) is 1.63. The SMILES string of the molecule is COc1ccccc1C(=O)N(Cc1cccn1Cc1ccccc1C)C1CCCCC1. The maximum Gasteiger partial charge on any atom is 0.258 e. The molecule has 2 aromatic carbocycles. The van der Waals surface area contributed by atoms with Gasteiger partial charge in [-0.25, -0.2) is 0 Å². The first kappa shape index (κ1) is 21.2.